The fourth-order valence-electron chi connectivity index (χ4n) is 5.63. The number of unbranched alkanes of at least 4 members (excludes halogenated alkanes) is 1. The Bertz CT molecular complexity index is 1590. The monoisotopic (exact) mass is 687 g/mol. The van der Waals surface area contributed by atoms with E-state index in [-0.39, 0.29) is 44.9 Å². The van der Waals surface area contributed by atoms with Crippen molar-refractivity contribution in [3.05, 3.63) is 95.6 Å². The Morgan fingerprint density at radius 3 is 1.98 bits per heavy atom. The van der Waals surface area contributed by atoms with Gasteiger partial charge in [0.15, 0.2) is 0 Å². The molecule has 0 aliphatic heterocycles. The van der Waals surface area contributed by atoms with Crippen molar-refractivity contribution in [3.8, 4) is 11.1 Å². The van der Waals surface area contributed by atoms with Gasteiger partial charge < -0.3 is 35.3 Å². The van der Waals surface area contributed by atoms with Gasteiger partial charge >= 0.3 is 24.1 Å². The molecule has 0 heterocycles. The second-order valence-corrected chi connectivity index (χ2v) is 13.0. The average Bonchev–Trinajstić information content (AvgIpc) is 3.40. The molecule has 4 N–H and O–H groups in total. The van der Waals surface area contributed by atoms with Crippen LogP contribution in [0.5, 0.6) is 0 Å². The second kappa shape index (κ2) is 17.8. The van der Waals surface area contributed by atoms with Crippen LogP contribution in [0.2, 0.25) is 0 Å². The van der Waals surface area contributed by atoms with Crippen LogP contribution in [0.1, 0.15) is 75.5 Å². The molecule has 1 aliphatic carbocycles. The number of nitrogens with one attached hydrogen (secondary N) is 3. The number of rotatable bonds is 16. The van der Waals surface area contributed by atoms with Gasteiger partial charge in [0.05, 0.1) is 0 Å². The number of benzene rings is 3. The summed E-state index contributed by atoms with van der Waals surface area (Å²) in [7, 11) is 0. The predicted octanol–water partition coefficient (Wildman–Crippen LogP) is 5.68. The van der Waals surface area contributed by atoms with E-state index in [1.165, 1.54) is 0 Å². The molecule has 0 fully saturated rings. The van der Waals surface area contributed by atoms with E-state index >= 15 is 0 Å². The summed E-state index contributed by atoms with van der Waals surface area (Å²) in [6, 6.07) is 22.3. The highest BCUT2D eigenvalue weighted by atomic mass is 16.6. The molecule has 0 saturated heterocycles. The predicted molar refractivity (Wildman–Crippen MR) is 185 cm³/mol. The molecule has 266 valence electrons. The van der Waals surface area contributed by atoms with E-state index in [0.29, 0.717) is 12.8 Å². The molecular formula is C38H45N3O9. The van der Waals surface area contributed by atoms with E-state index in [1.54, 1.807) is 32.9 Å². The van der Waals surface area contributed by atoms with E-state index < -0.39 is 47.7 Å². The molecule has 4 rings (SSSR count). The number of alkyl carbamates (subject to hydrolysis) is 2. The minimum Gasteiger partial charge on any atom is -0.480 e. The van der Waals surface area contributed by atoms with Crippen LogP contribution < -0.4 is 16.0 Å². The number of carboxylic acid groups (broad SMARTS) is 1. The second-order valence-electron chi connectivity index (χ2n) is 13.0. The Morgan fingerprint density at radius 2 is 1.36 bits per heavy atom. The van der Waals surface area contributed by atoms with Gasteiger partial charge in [0.2, 0.25) is 5.91 Å². The maximum atomic E-state index is 13.4. The minimum atomic E-state index is -1.41. The highest BCUT2D eigenvalue weighted by molar-refractivity contribution is 5.89. The normalized spacial score (nSPS) is 13.2. The first-order valence-electron chi connectivity index (χ1n) is 16.7. The molecule has 0 aromatic heterocycles. The van der Waals surface area contributed by atoms with Crippen molar-refractivity contribution in [3.63, 3.8) is 0 Å². The molecule has 0 spiro atoms. The van der Waals surface area contributed by atoms with Crippen molar-refractivity contribution < 1.29 is 43.3 Å². The first kappa shape index (κ1) is 37.4. The third kappa shape index (κ3) is 11.4. The van der Waals surface area contributed by atoms with Crippen LogP contribution in [0.25, 0.3) is 11.1 Å². The summed E-state index contributed by atoms with van der Waals surface area (Å²) in [6.45, 7) is 5.58. The lowest BCUT2D eigenvalue weighted by atomic mass is 9.98. The van der Waals surface area contributed by atoms with E-state index in [4.69, 9.17) is 14.2 Å². The average molecular weight is 688 g/mol. The van der Waals surface area contributed by atoms with Crippen molar-refractivity contribution in [2.45, 2.75) is 83.1 Å². The molecule has 0 unspecified atom stereocenters. The summed E-state index contributed by atoms with van der Waals surface area (Å²) in [5.41, 5.74) is 4.32. The van der Waals surface area contributed by atoms with Crippen LogP contribution in [0, 0.1) is 0 Å². The standard InChI is InChI=1S/C38H45N3O9/c1-38(2,3)50-36(46)39-22-12-11-19-31(34(43)40-32(35(44)45)20-21-33(42)48-23-25-13-5-4-6-14-25)41-37(47)49-24-30-28-17-9-7-15-26(28)27-16-8-10-18-29(27)30/h4-10,13-18,30-32H,11-12,19-24H2,1-3H3,(H,39,46)(H,40,43)(H,41,47)(H,44,45)/t31-,32-/m0/s1. The van der Waals surface area contributed by atoms with Crippen molar-refractivity contribution in [1.29, 1.82) is 0 Å². The number of hydrogen-bond acceptors (Lipinski definition) is 8. The smallest absolute Gasteiger partial charge is 0.407 e. The zero-order chi connectivity index (χ0) is 36.1. The van der Waals surface area contributed by atoms with Crippen molar-refractivity contribution in [1.82, 2.24) is 16.0 Å². The van der Waals surface area contributed by atoms with Gasteiger partial charge in [0.1, 0.15) is 30.9 Å². The lowest BCUT2D eigenvalue weighted by molar-refractivity contribution is -0.146. The van der Waals surface area contributed by atoms with Crippen LogP contribution >= 0.6 is 0 Å². The fraction of sp³-hybridized carbons (Fsp3) is 0.395. The van der Waals surface area contributed by atoms with Gasteiger partial charge in [-0.05, 0) is 74.3 Å². The third-order valence-corrected chi connectivity index (χ3v) is 8.03. The van der Waals surface area contributed by atoms with E-state index in [1.807, 2.05) is 66.7 Å². The number of carboxylic acids is 1. The number of amides is 3. The molecule has 0 saturated carbocycles. The SMILES string of the molecule is CC(C)(C)OC(=O)NCCCC[C@H](NC(=O)OCC1c2ccccc2-c2ccccc21)C(=O)N[C@@H](CCC(=O)OCc1ccccc1)C(=O)O. The van der Waals surface area contributed by atoms with Gasteiger partial charge in [-0.15, -0.1) is 0 Å². The Kier molecular flexibility index (Phi) is 13.4. The van der Waals surface area contributed by atoms with Crippen molar-refractivity contribution >= 4 is 30.0 Å². The summed E-state index contributed by atoms with van der Waals surface area (Å²) in [6.07, 6.45) is -0.911. The molecule has 0 radical (unpaired) electrons. The molecule has 3 amide bonds. The largest absolute Gasteiger partial charge is 0.480 e. The number of fused-ring (bicyclic) bond motifs is 3. The maximum Gasteiger partial charge on any atom is 0.407 e. The van der Waals surface area contributed by atoms with Crippen molar-refractivity contribution in [2.75, 3.05) is 13.2 Å². The Labute approximate surface area is 291 Å². The van der Waals surface area contributed by atoms with E-state index in [2.05, 4.69) is 16.0 Å². The van der Waals surface area contributed by atoms with Crippen LogP contribution in [0.3, 0.4) is 0 Å². The molecule has 1 aliphatic rings. The number of ether oxygens (including phenoxy) is 3. The Balaban J connectivity index is 1.35. The molecule has 3 aromatic carbocycles. The summed E-state index contributed by atoms with van der Waals surface area (Å²) < 4.78 is 16.1. The topological polar surface area (TPSA) is 169 Å². The number of esters is 1. The molecule has 50 heavy (non-hydrogen) atoms. The number of carbonyl (C=O) groups excluding carboxylic acids is 4. The summed E-state index contributed by atoms with van der Waals surface area (Å²) >= 11 is 0. The van der Waals surface area contributed by atoms with Crippen molar-refractivity contribution in [2.24, 2.45) is 0 Å². The van der Waals surface area contributed by atoms with Crippen LogP contribution in [0.4, 0.5) is 9.59 Å². The van der Waals surface area contributed by atoms with Gasteiger partial charge in [-0.25, -0.2) is 14.4 Å². The lowest BCUT2D eigenvalue weighted by Crippen LogP contribution is -2.52. The number of aliphatic carboxylic acids is 1. The maximum absolute atomic E-state index is 13.4. The molecule has 3 aromatic rings. The number of carbonyl (C=O) groups is 5. The van der Waals surface area contributed by atoms with E-state index in [9.17, 15) is 29.1 Å². The van der Waals surface area contributed by atoms with Gasteiger partial charge in [0.25, 0.3) is 0 Å². The van der Waals surface area contributed by atoms with Gasteiger partial charge in [-0.1, -0.05) is 78.9 Å². The first-order valence-corrected chi connectivity index (χ1v) is 16.7. The van der Waals surface area contributed by atoms with Gasteiger partial charge in [-0.3, -0.25) is 9.59 Å². The quantitative estimate of drug-likeness (QED) is 0.0841. The Hall–Kier alpha value is -5.39. The molecule has 2 atom stereocenters. The highest BCUT2D eigenvalue weighted by Gasteiger charge is 2.31. The molecule has 12 heteroatoms. The highest BCUT2D eigenvalue weighted by Crippen LogP contribution is 2.44. The summed E-state index contributed by atoms with van der Waals surface area (Å²) in [5.74, 6) is -2.89. The molecule has 0 bridgehead atoms. The Morgan fingerprint density at radius 1 is 0.740 bits per heavy atom. The molecular weight excluding hydrogens is 642 g/mol. The fourth-order valence-corrected chi connectivity index (χ4v) is 5.63. The van der Waals surface area contributed by atoms with Crippen LogP contribution in [-0.2, 0) is 35.2 Å². The van der Waals surface area contributed by atoms with E-state index in [0.717, 1.165) is 27.8 Å². The van der Waals surface area contributed by atoms with Gasteiger partial charge in [0, 0.05) is 18.9 Å². The van der Waals surface area contributed by atoms with Gasteiger partial charge in [-0.2, -0.15) is 0 Å². The van der Waals surface area contributed by atoms with Crippen LogP contribution in [0.15, 0.2) is 78.9 Å². The minimum absolute atomic E-state index is 0.0247. The zero-order valence-electron chi connectivity index (χ0n) is 28.6. The summed E-state index contributed by atoms with van der Waals surface area (Å²) in [4.78, 5) is 62.9. The lowest BCUT2D eigenvalue weighted by Gasteiger charge is -2.22. The first-order chi connectivity index (χ1) is 23.9. The zero-order valence-corrected chi connectivity index (χ0v) is 28.6. The van der Waals surface area contributed by atoms with Crippen LogP contribution in [-0.4, -0.2) is 66.0 Å². The molecule has 12 nitrogen and oxygen atoms in total. The third-order valence-electron chi connectivity index (χ3n) is 8.03. The number of hydrogen-bond donors (Lipinski definition) is 4. The summed E-state index contributed by atoms with van der Waals surface area (Å²) in [5, 5.41) is 17.5.